The molecule has 4 aromatic heterocycles. The highest BCUT2D eigenvalue weighted by molar-refractivity contribution is 5.90. The van der Waals surface area contributed by atoms with E-state index in [9.17, 15) is 44.7 Å². The number of carbonyl (C=O) groups excluding carboxylic acids is 2. The number of hydrogen-bond acceptors (Lipinski definition) is 8. The molecule has 352 valence electrons. The van der Waals surface area contributed by atoms with Gasteiger partial charge in [0.25, 0.3) is 5.92 Å². The highest BCUT2D eigenvalue weighted by Gasteiger charge is 2.43. The summed E-state index contributed by atoms with van der Waals surface area (Å²) in [5.74, 6) is -4.69. The third-order valence-electron chi connectivity index (χ3n) is 13.7. The molecular weight excluding hydrogens is 891 g/mol. The zero-order chi connectivity index (χ0) is 46.8. The average molecular weight is 936 g/mol. The van der Waals surface area contributed by atoms with E-state index in [0.717, 1.165) is 74.2 Å². The lowest BCUT2D eigenvalue weighted by atomic mass is 9.97. The van der Waals surface area contributed by atoms with E-state index in [2.05, 4.69) is 19.9 Å². The molecule has 2 fully saturated rings. The molecule has 0 radical (unpaired) electrons. The van der Waals surface area contributed by atoms with Crippen molar-refractivity contribution in [3.63, 3.8) is 0 Å². The standard InChI is InChI=1S/C49H45F8N5O5/c50-47(51)13-14-62(25-47)46-38(49(55,56)57)16-27(22-59-46)24-66-32-8-12-40-36(20-32)34-10-6-30(44(34)61-40)18-42(64)67-41(63)17-29-5-9-33-35-19-31(7-11-39(35)60-43(29)33)65-23-26-15-37(48(52,53)54)45(58-21-26)28-3-1-2-4-28/h7-8,11-12,15-16,19-22,28-30,60-61H,1-6,9-10,13-14,17-18,23-25H2. The van der Waals surface area contributed by atoms with Crippen LogP contribution in [-0.2, 0) is 52.7 Å². The van der Waals surface area contributed by atoms with Gasteiger partial charge in [0.15, 0.2) is 0 Å². The summed E-state index contributed by atoms with van der Waals surface area (Å²) in [5, 5.41) is 1.71. The molecule has 6 aromatic rings. The molecule has 5 heterocycles. The fourth-order valence-corrected chi connectivity index (χ4v) is 10.5. The molecule has 0 spiro atoms. The first kappa shape index (κ1) is 44.6. The number of fused-ring (bicyclic) bond motifs is 6. The molecule has 2 unspecified atom stereocenters. The van der Waals surface area contributed by atoms with E-state index < -0.39 is 60.1 Å². The van der Waals surface area contributed by atoms with Crippen LogP contribution in [0.4, 0.5) is 40.9 Å². The highest BCUT2D eigenvalue weighted by atomic mass is 19.4. The van der Waals surface area contributed by atoms with Gasteiger partial charge in [0.1, 0.15) is 30.5 Å². The van der Waals surface area contributed by atoms with Crippen LogP contribution in [0.25, 0.3) is 21.8 Å². The Labute approximate surface area is 378 Å². The van der Waals surface area contributed by atoms with Crippen molar-refractivity contribution in [2.24, 2.45) is 0 Å². The van der Waals surface area contributed by atoms with Crippen molar-refractivity contribution in [1.29, 1.82) is 0 Å². The third-order valence-corrected chi connectivity index (χ3v) is 13.7. The number of alkyl halides is 8. The van der Waals surface area contributed by atoms with Gasteiger partial charge in [-0.2, -0.15) is 26.3 Å². The number of anilines is 1. The fourth-order valence-electron chi connectivity index (χ4n) is 10.5. The largest absolute Gasteiger partial charge is 0.489 e. The lowest BCUT2D eigenvalue weighted by Crippen LogP contribution is -2.28. The Hall–Kier alpha value is -6.20. The molecule has 10 nitrogen and oxygen atoms in total. The lowest BCUT2D eigenvalue weighted by molar-refractivity contribution is -0.160. The molecule has 3 aliphatic carbocycles. The molecule has 2 atom stereocenters. The maximum absolute atomic E-state index is 14.0. The Bertz CT molecular complexity index is 2880. The van der Waals surface area contributed by atoms with E-state index >= 15 is 0 Å². The number of aryl methyl sites for hydroxylation is 2. The number of hydrogen-bond donors (Lipinski definition) is 2. The normalized spacial score (nSPS) is 19.4. The predicted octanol–water partition coefficient (Wildman–Crippen LogP) is 11.7. The summed E-state index contributed by atoms with van der Waals surface area (Å²) in [5.41, 5.74) is 4.00. The molecule has 67 heavy (non-hydrogen) atoms. The van der Waals surface area contributed by atoms with Gasteiger partial charge in [0.05, 0.1) is 36.2 Å². The van der Waals surface area contributed by atoms with Crippen LogP contribution in [0.3, 0.4) is 0 Å². The minimum atomic E-state index is -4.82. The minimum absolute atomic E-state index is 0.0134. The maximum atomic E-state index is 14.0. The quantitative estimate of drug-likeness (QED) is 0.0707. The molecule has 0 amide bonds. The van der Waals surface area contributed by atoms with Crippen molar-refractivity contribution < 1.29 is 58.9 Å². The topological polar surface area (TPSA) is 122 Å². The van der Waals surface area contributed by atoms with Crippen LogP contribution in [0, 0.1) is 0 Å². The number of pyridine rings is 2. The molecule has 2 aromatic carbocycles. The monoisotopic (exact) mass is 935 g/mol. The van der Waals surface area contributed by atoms with Gasteiger partial charge in [-0.15, -0.1) is 0 Å². The maximum Gasteiger partial charge on any atom is 0.419 e. The van der Waals surface area contributed by atoms with Crippen molar-refractivity contribution >= 4 is 39.6 Å². The summed E-state index contributed by atoms with van der Waals surface area (Å²) in [6.07, 6.45) is -1.51. The predicted molar refractivity (Wildman–Crippen MR) is 229 cm³/mol. The number of nitrogens with one attached hydrogen (secondary N) is 2. The molecule has 4 aliphatic rings. The second kappa shape index (κ2) is 17.1. The van der Waals surface area contributed by atoms with Gasteiger partial charge in [-0.3, -0.25) is 14.6 Å². The van der Waals surface area contributed by atoms with Crippen LogP contribution in [0.1, 0.15) is 126 Å². The van der Waals surface area contributed by atoms with Crippen LogP contribution in [0.5, 0.6) is 11.5 Å². The molecule has 1 saturated heterocycles. The van der Waals surface area contributed by atoms with Crippen LogP contribution < -0.4 is 14.4 Å². The van der Waals surface area contributed by atoms with Crippen molar-refractivity contribution in [1.82, 2.24) is 19.9 Å². The Morgan fingerprint density at radius 2 is 1.22 bits per heavy atom. The van der Waals surface area contributed by atoms with Crippen LogP contribution in [-0.4, -0.2) is 50.9 Å². The van der Waals surface area contributed by atoms with E-state index in [1.807, 2.05) is 12.1 Å². The van der Waals surface area contributed by atoms with Crippen molar-refractivity contribution in [2.75, 3.05) is 18.0 Å². The Kier molecular flexibility index (Phi) is 11.4. The summed E-state index contributed by atoms with van der Waals surface area (Å²) in [7, 11) is 0. The van der Waals surface area contributed by atoms with Gasteiger partial charge in [-0.25, -0.2) is 13.8 Å². The summed E-state index contributed by atoms with van der Waals surface area (Å²) >= 11 is 0. The Balaban J connectivity index is 0.740. The Morgan fingerprint density at radius 1 is 0.701 bits per heavy atom. The van der Waals surface area contributed by atoms with Crippen molar-refractivity contribution in [2.45, 2.75) is 120 Å². The molecule has 1 aliphatic heterocycles. The number of esters is 2. The van der Waals surface area contributed by atoms with E-state index in [1.54, 1.807) is 24.3 Å². The number of halogens is 8. The smallest absolute Gasteiger partial charge is 0.419 e. The molecule has 10 rings (SSSR count). The Morgan fingerprint density at radius 3 is 1.73 bits per heavy atom. The van der Waals surface area contributed by atoms with Crippen molar-refractivity contribution in [3.8, 4) is 11.5 Å². The summed E-state index contributed by atoms with van der Waals surface area (Å²) in [4.78, 5) is 42.2. The number of rotatable bonds is 12. The van der Waals surface area contributed by atoms with Gasteiger partial charge in [0.2, 0.25) is 0 Å². The zero-order valence-electron chi connectivity index (χ0n) is 36.0. The summed E-state index contributed by atoms with van der Waals surface area (Å²) in [6, 6.07) is 12.6. The molecule has 0 bridgehead atoms. The van der Waals surface area contributed by atoms with Crippen LogP contribution >= 0.6 is 0 Å². The molecule has 1 saturated carbocycles. The number of ether oxygens (including phenoxy) is 3. The fraction of sp³-hybridized carbons (Fsp3) is 0.429. The number of H-pyrrole nitrogens is 2. The second-order valence-corrected chi connectivity index (χ2v) is 18.2. The molecule has 2 N–H and O–H groups in total. The SMILES string of the molecule is O=C(CC1CCc2c1[nH]c1ccc(OCc3cnc(C4CCCC4)c(C(F)(F)F)c3)cc21)OC(=O)CC1CCc2c1[nH]c1ccc(OCc3cnc(N4CCC(F)(F)C4)c(C(F)(F)F)c3)cc21. The number of nitrogens with zero attached hydrogens (tertiary/aromatic N) is 3. The van der Waals surface area contributed by atoms with Gasteiger partial charge < -0.3 is 29.1 Å². The number of carbonyl (C=O) groups is 2. The zero-order valence-corrected chi connectivity index (χ0v) is 36.0. The van der Waals surface area contributed by atoms with Crippen LogP contribution in [0.15, 0.2) is 60.9 Å². The van der Waals surface area contributed by atoms with E-state index in [0.29, 0.717) is 55.6 Å². The number of aromatic nitrogens is 4. The molecular formula is C49H45F8N5O5. The highest BCUT2D eigenvalue weighted by Crippen LogP contribution is 2.45. The first-order valence-electron chi connectivity index (χ1n) is 22.5. The van der Waals surface area contributed by atoms with Gasteiger partial charge >= 0.3 is 24.3 Å². The van der Waals surface area contributed by atoms with E-state index in [-0.39, 0.29) is 61.6 Å². The minimum Gasteiger partial charge on any atom is -0.489 e. The van der Waals surface area contributed by atoms with E-state index in [1.165, 1.54) is 12.4 Å². The number of benzene rings is 2. The van der Waals surface area contributed by atoms with Crippen LogP contribution in [0.2, 0.25) is 0 Å². The summed E-state index contributed by atoms with van der Waals surface area (Å²) in [6.45, 7) is -1.42. The molecule has 18 heteroatoms. The van der Waals surface area contributed by atoms with Gasteiger partial charge in [-0.05, 0) is 98.2 Å². The third kappa shape index (κ3) is 9.15. The van der Waals surface area contributed by atoms with Gasteiger partial charge in [0, 0.05) is 87.4 Å². The van der Waals surface area contributed by atoms with Crippen molar-refractivity contribution in [3.05, 3.63) is 111 Å². The first-order valence-corrected chi connectivity index (χ1v) is 22.5. The van der Waals surface area contributed by atoms with Gasteiger partial charge in [-0.1, -0.05) is 12.8 Å². The summed E-state index contributed by atoms with van der Waals surface area (Å²) < 4.78 is 129. The lowest BCUT2D eigenvalue weighted by Gasteiger charge is -2.22. The van der Waals surface area contributed by atoms with E-state index in [4.69, 9.17) is 14.2 Å². The average Bonchev–Trinajstić information content (AvgIpc) is 4.15. The number of aromatic amines is 2. The second-order valence-electron chi connectivity index (χ2n) is 18.2. The first-order chi connectivity index (χ1) is 32.0.